The first-order valence-corrected chi connectivity index (χ1v) is 9.33. The second-order valence-corrected chi connectivity index (χ2v) is 7.72. The number of aliphatic imine (C=N–C) groups is 1. The molecule has 4 heteroatoms. The van der Waals surface area contributed by atoms with Crippen LogP contribution >= 0.6 is 0 Å². The van der Waals surface area contributed by atoms with Crippen molar-refractivity contribution >= 4 is 22.3 Å². The average molecular weight is 341 g/mol. The van der Waals surface area contributed by atoms with Gasteiger partial charge in [-0.15, -0.1) is 0 Å². The molecule has 2 unspecified atom stereocenters. The van der Waals surface area contributed by atoms with Gasteiger partial charge in [0, 0.05) is 48.3 Å². The lowest BCUT2D eigenvalue weighted by Crippen LogP contribution is -2.49. The van der Waals surface area contributed by atoms with Crippen molar-refractivity contribution in [1.82, 2.24) is 9.47 Å². The summed E-state index contributed by atoms with van der Waals surface area (Å²) < 4.78 is 1.99. The second-order valence-electron chi connectivity index (χ2n) is 7.72. The maximum absolute atomic E-state index is 12.2. The molecule has 2 atom stereocenters. The number of likely N-dealkylation sites (tertiary alicyclic amines) is 1. The van der Waals surface area contributed by atoms with E-state index in [9.17, 15) is 4.79 Å². The van der Waals surface area contributed by atoms with Crippen LogP contribution in [0.3, 0.4) is 0 Å². The lowest BCUT2D eigenvalue weighted by Gasteiger charge is -2.43. The van der Waals surface area contributed by atoms with Crippen LogP contribution in [0.5, 0.6) is 0 Å². The van der Waals surface area contributed by atoms with Gasteiger partial charge < -0.3 is 9.47 Å². The van der Waals surface area contributed by atoms with Gasteiger partial charge in [-0.25, -0.2) is 4.99 Å². The molecule has 0 amide bonds. The first kappa shape index (κ1) is 14.3. The van der Waals surface area contributed by atoms with Crippen LogP contribution in [-0.4, -0.2) is 28.4 Å². The fourth-order valence-electron chi connectivity index (χ4n) is 5.09. The number of fused-ring (bicyclic) bond motifs is 4. The topological polar surface area (TPSA) is 37.6 Å². The van der Waals surface area contributed by atoms with Crippen LogP contribution in [0.15, 0.2) is 64.4 Å². The summed E-state index contributed by atoms with van der Waals surface area (Å²) in [6.07, 6.45) is 1.17. The van der Waals surface area contributed by atoms with Gasteiger partial charge in [-0.3, -0.25) is 4.79 Å². The molecule has 0 radical (unpaired) electrons. The number of aromatic nitrogens is 1. The van der Waals surface area contributed by atoms with Crippen molar-refractivity contribution in [2.45, 2.75) is 18.9 Å². The molecule has 6 rings (SSSR count). The third kappa shape index (κ3) is 1.90. The number of hydrogen-bond donors (Lipinski definition) is 0. The van der Waals surface area contributed by atoms with Crippen LogP contribution in [0.25, 0.3) is 10.8 Å². The normalized spacial score (nSPS) is 23.1. The van der Waals surface area contributed by atoms with E-state index in [1.54, 1.807) is 6.07 Å². The lowest BCUT2D eigenvalue weighted by atomic mass is 9.83. The Morgan fingerprint density at radius 1 is 0.923 bits per heavy atom. The Hall–Kier alpha value is -2.88. The van der Waals surface area contributed by atoms with E-state index in [1.165, 1.54) is 28.5 Å². The van der Waals surface area contributed by atoms with Gasteiger partial charge in [-0.1, -0.05) is 36.4 Å². The molecule has 3 aliphatic heterocycles. The fraction of sp³-hybridized carbons (Fsp3) is 0.273. The predicted octanol–water partition coefficient (Wildman–Crippen LogP) is 3.51. The molecule has 128 valence electrons. The van der Waals surface area contributed by atoms with Gasteiger partial charge in [-0.05, 0) is 29.9 Å². The molecule has 4 nitrogen and oxygen atoms in total. The van der Waals surface area contributed by atoms with E-state index in [2.05, 4.69) is 47.4 Å². The summed E-state index contributed by atoms with van der Waals surface area (Å²) in [5, 5.41) is 2.53. The van der Waals surface area contributed by atoms with E-state index in [1.807, 2.05) is 10.6 Å². The van der Waals surface area contributed by atoms with Gasteiger partial charge in [0.1, 0.15) is 5.84 Å². The first-order valence-electron chi connectivity index (χ1n) is 9.33. The summed E-state index contributed by atoms with van der Waals surface area (Å²) >= 11 is 0. The van der Waals surface area contributed by atoms with Crippen LogP contribution in [0, 0.1) is 5.92 Å². The molecule has 2 aromatic carbocycles. The fourth-order valence-corrected chi connectivity index (χ4v) is 5.09. The Kier molecular flexibility index (Phi) is 2.79. The molecular formula is C22H19N3O. The molecule has 4 heterocycles. The number of rotatable bonds is 0. The quantitative estimate of drug-likeness (QED) is 0.627. The maximum atomic E-state index is 12.2. The van der Waals surface area contributed by atoms with E-state index in [0.29, 0.717) is 11.8 Å². The number of pyridine rings is 1. The molecule has 0 aliphatic carbocycles. The molecule has 1 saturated heterocycles. The van der Waals surface area contributed by atoms with Gasteiger partial charge in [-0.2, -0.15) is 0 Å². The minimum Gasteiger partial charge on any atom is -0.355 e. The Morgan fingerprint density at radius 2 is 1.77 bits per heavy atom. The molecule has 1 fully saturated rings. The average Bonchev–Trinajstić information content (AvgIpc) is 3.04. The smallest absolute Gasteiger partial charge is 0.250 e. The maximum Gasteiger partial charge on any atom is 0.250 e. The first-order chi connectivity index (χ1) is 12.8. The predicted molar refractivity (Wildman–Crippen MR) is 103 cm³/mol. The molecule has 1 aromatic heterocycles. The van der Waals surface area contributed by atoms with Gasteiger partial charge >= 0.3 is 0 Å². The van der Waals surface area contributed by atoms with E-state index in [-0.39, 0.29) is 5.56 Å². The van der Waals surface area contributed by atoms with Crippen LogP contribution in [-0.2, 0) is 6.54 Å². The third-order valence-corrected chi connectivity index (χ3v) is 6.13. The summed E-state index contributed by atoms with van der Waals surface area (Å²) in [6, 6.07) is 18.5. The van der Waals surface area contributed by atoms with Crippen molar-refractivity contribution in [3.05, 3.63) is 76.2 Å². The minimum absolute atomic E-state index is 0.140. The second kappa shape index (κ2) is 5.07. The van der Waals surface area contributed by atoms with E-state index in [0.717, 1.165) is 31.2 Å². The van der Waals surface area contributed by atoms with Gasteiger partial charge in [0.15, 0.2) is 0 Å². The van der Waals surface area contributed by atoms with Crippen LogP contribution in [0.2, 0.25) is 0 Å². The highest BCUT2D eigenvalue weighted by molar-refractivity contribution is 6.18. The molecular weight excluding hydrogens is 322 g/mol. The Bertz CT molecular complexity index is 1140. The van der Waals surface area contributed by atoms with Crippen molar-refractivity contribution < 1.29 is 0 Å². The van der Waals surface area contributed by atoms with Crippen LogP contribution in [0.1, 0.15) is 23.6 Å². The zero-order valence-corrected chi connectivity index (χ0v) is 14.4. The number of amidine groups is 1. The highest BCUT2D eigenvalue weighted by Crippen LogP contribution is 2.40. The number of hydrogen-bond acceptors (Lipinski definition) is 3. The number of piperidine rings is 1. The number of benzene rings is 2. The minimum atomic E-state index is 0.140. The third-order valence-electron chi connectivity index (χ3n) is 6.13. The Labute approximate surface area is 151 Å². The summed E-state index contributed by atoms with van der Waals surface area (Å²) in [5.74, 6) is 2.02. The van der Waals surface area contributed by atoms with Crippen molar-refractivity contribution in [3.8, 4) is 0 Å². The Morgan fingerprint density at radius 3 is 2.69 bits per heavy atom. The van der Waals surface area contributed by atoms with Crippen molar-refractivity contribution in [1.29, 1.82) is 0 Å². The van der Waals surface area contributed by atoms with Crippen LogP contribution < -0.4 is 5.56 Å². The zero-order valence-electron chi connectivity index (χ0n) is 14.4. The molecule has 3 aromatic rings. The van der Waals surface area contributed by atoms with Gasteiger partial charge in [0.2, 0.25) is 0 Å². The van der Waals surface area contributed by atoms with Crippen LogP contribution in [0.4, 0.5) is 5.69 Å². The SMILES string of the molecule is O=c1cccc2n1CC1CC2CN(C2=Nc3cccc4cccc2c34)C1. The monoisotopic (exact) mass is 341 g/mol. The lowest BCUT2D eigenvalue weighted by molar-refractivity contribution is 0.179. The van der Waals surface area contributed by atoms with Crippen molar-refractivity contribution in [3.63, 3.8) is 0 Å². The molecule has 0 spiro atoms. The number of nitrogens with zero attached hydrogens (tertiary/aromatic N) is 3. The van der Waals surface area contributed by atoms with Gasteiger partial charge in [0.25, 0.3) is 5.56 Å². The molecule has 2 bridgehead atoms. The highest BCUT2D eigenvalue weighted by atomic mass is 16.1. The van der Waals surface area contributed by atoms with E-state index < -0.39 is 0 Å². The zero-order chi connectivity index (χ0) is 17.3. The van der Waals surface area contributed by atoms with Crippen molar-refractivity contribution in [2.24, 2.45) is 10.9 Å². The van der Waals surface area contributed by atoms with E-state index in [4.69, 9.17) is 4.99 Å². The summed E-state index contributed by atoms with van der Waals surface area (Å²) in [4.78, 5) is 19.7. The summed E-state index contributed by atoms with van der Waals surface area (Å²) in [5.41, 5.74) is 3.66. The molecule has 3 aliphatic rings. The molecule has 0 saturated carbocycles. The summed E-state index contributed by atoms with van der Waals surface area (Å²) in [6.45, 7) is 2.73. The standard InChI is InChI=1S/C22H19N3O/c26-20-9-3-8-19-16-10-14(12-25(19)20)11-24(13-16)22-17-6-1-4-15-5-2-7-18(23-22)21(15)17/h1-9,14,16H,10-13H2. The summed E-state index contributed by atoms with van der Waals surface area (Å²) in [7, 11) is 0. The highest BCUT2D eigenvalue weighted by Gasteiger charge is 2.37. The largest absolute Gasteiger partial charge is 0.355 e. The Balaban J connectivity index is 1.43. The molecule has 0 N–H and O–H groups in total. The van der Waals surface area contributed by atoms with E-state index >= 15 is 0 Å². The molecule has 26 heavy (non-hydrogen) atoms. The van der Waals surface area contributed by atoms with Gasteiger partial charge in [0.05, 0.1) is 5.69 Å². The van der Waals surface area contributed by atoms with Crippen molar-refractivity contribution in [2.75, 3.05) is 13.1 Å².